The molecule has 1 N–H and O–H groups in total. The molecule has 48 valence electrons. The van der Waals surface area contributed by atoms with E-state index in [2.05, 4.69) is 5.32 Å². The van der Waals surface area contributed by atoms with Crippen molar-refractivity contribution in [3.63, 3.8) is 0 Å². The molecule has 0 aromatic carbocycles. The van der Waals surface area contributed by atoms with E-state index in [1.165, 1.54) is 0 Å². The predicted molar refractivity (Wildman–Crippen MR) is 38.1 cm³/mol. The van der Waals surface area contributed by atoms with Crippen molar-refractivity contribution in [1.82, 2.24) is 5.32 Å². The van der Waals surface area contributed by atoms with E-state index in [1.807, 2.05) is 27.0 Å². The highest BCUT2D eigenvalue weighted by Crippen LogP contribution is 2.03. The Hall–Kier alpha value is -0.0100. The molecular weight excluding hydrogens is 122 g/mol. The van der Waals surface area contributed by atoms with Crippen LogP contribution in [0.5, 0.6) is 0 Å². The Labute approximate surface area is 55.7 Å². The highest BCUT2D eigenvalue weighted by molar-refractivity contribution is 6.22. The van der Waals surface area contributed by atoms with Crippen molar-refractivity contribution in [1.29, 1.82) is 0 Å². The lowest BCUT2D eigenvalue weighted by Gasteiger charge is -2.05. The second-order valence-corrected chi connectivity index (χ2v) is 2.12. The SMILES string of the molecule is C/C=C(/C)C(Cl)NC. The zero-order valence-corrected chi connectivity index (χ0v) is 6.29. The average molecular weight is 134 g/mol. The van der Waals surface area contributed by atoms with E-state index < -0.39 is 0 Å². The molecular formula is C6H12ClN. The Kier molecular flexibility index (Phi) is 3.92. The second kappa shape index (κ2) is 3.93. The van der Waals surface area contributed by atoms with Crippen LogP contribution in [0.3, 0.4) is 0 Å². The van der Waals surface area contributed by atoms with Gasteiger partial charge in [-0.3, -0.25) is 0 Å². The molecule has 1 atom stereocenters. The average Bonchev–Trinajstić information content (AvgIpc) is 1.84. The van der Waals surface area contributed by atoms with Gasteiger partial charge in [0.1, 0.15) is 5.50 Å². The van der Waals surface area contributed by atoms with Crippen LogP contribution in [0, 0.1) is 0 Å². The minimum atomic E-state index is -0.000000000000000222. The van der Waals surface area contributed by atoms with E-state index in [0.717, 1.165) is 5.57 Å². The fourth-order valence-electron chi connectivity index (χ4n) is 0.374. The highest BCUT2D eigenvalue weighted by Gasteiger charge is 1.98. The normalized spacial score (nSPS) is 16.2. The van der Waals surface area contributed by atoms with Crippen LogP contribution in [0.1, 0.15) is 13.8 Å². The molecule has 0 amide bonds. The third-order valence-corrected chi connectivity index (χ3v) is 1.67. The molecule has 8 heavy (non-hydrogen) atoms. The Balaban J connectivity index is 3.63. The van der Waals surface area contributed by atoms with Gasteiger partial charge in [0.25, 0.3) is 0 Å². The largest absolute Gasteiger partial charge is 0.301 e. The fourth-order valence-corrected chi connectivity index (χ4v) is 0.500. The molecule has 0 bridgehead atoms. The van der Waals surface area contributed by atoms with E-state index in [4.69, 9.17) is 11.6 Å². The molecule has 0 aliphatic carbocycles. The van der Waals surface area contributed by atoms with Crippen molar-refractivity contribution in [3.05, 3.63) is 11.6 Å². The highest BCUT2D eigenvalue weighted by atomic mass is 35.5. The van der Waals surface area contributed by atoms with Crippen molar-refractivity contribution >= 4 is 11.6 Å². The summed E-state index contributed by atoms with van der Waals surface area (Å²) in [6, 6.07) is 0. The topological polar surface area (TPSA) is 12.0 Å². The molecule has 0 spiro atoms. The number of rotatable bonds is 2. The lowest BCUT2D eigenvalue weighted by molar-refractivity contribution is 0.814. The number of nitrogens with one attached hydrogen (secondary N) is 1. The first kappa shape index (κ1) is 7.99. The first-order valence-corrected chi connectivity index (χ1v) is 3.10. The van der Waals surface area contributed by atoms with Gasteiger partial charge in [0.15, 0.2) is 0 Å². The molecule has 2 heteroatoms. The standard InChI is InChI=1S/C6H12ClN/c1-4-5(2)6(7)8-3/h4,6,8H,1-3H3/b5-4-. The van der Waals surface area contributed by atoms with Crippen molar-refractivity contribution < 1.29 is 0 Å². The van der Waals surface area contributed by atoms with Crippen LogP contribution >= 0.6 is 11.6 Å². The molecule has 0 aromatic heterocycles. The van der Waals surface area contributed by atoms with Crippen molar-refractivity contribution in [2.75, 3.05) is 7.05 Å². The molecule has 0 aliphatic rings. The maximum Gasteiger partial charge on any atom is 0.104 e. The molecule has 0 heterocycles. The summed E-state index contributed by atoms with van der Waals surface area (Å²) in [6.07, 6.45) is 1.99. The molecule has 0 aliphatic heterocycles. The molecule has 0 aromatic rings. The van der Waals surface area contributed by atoms with E-state index in [1.54, 1.807) is 0 Å². The van der Waals surface area contributed by atoms with Crippen LogP contribution in [0.25, 0.3) is 0 Å². The number of alkyl halides is 1. The van der Waals surface area contributed by atoms with E-state index in [9.17, 15) is 0 Å². The first-order valence-electron chi connectivity index (χ1n) is 2.66. The summed E-state index contributed by atoms with van der Waals surface area (Å²) in [5, 5.41) is 2.91. The summed E-state index contributed by atoms with van der Waals surface area (Å²) < 4.78 is 0. The monoisotopic (exact) mass is 133 g/mol. The fraction of sp³-hybridized carbons (Fsp3) is 0.667. The summed E-state index contributed by atoms with van der Waals surface area (Å²) in [5.74, 6) is 0. The van der Waals surface area contributed by atoms with Gasteiger partial charge in [-0.1, -0.05) is 6.08 Å². The Bertz CT molecular complexity index is 88.5. The molecule has 0 saturated heterocycles. The lowest BCUT2D eigenvalue weighted by Crippen LogP contribution is -2.19. The minimum absolute atomic E-state index is 0.000000000000000222. The third-order valence-electron chi connectivity index (χ3n) is 1.11. The number of likely N-dealkylation sites (N-methyl/N-ethyl adjacent to an activating group) is 1. The minimum Gasteiger partial charge on any atom is -0.301 e. The van der Waals surface area contributed by atoms with Crippen LogP contribution in [0.2, 0.25) is 0 Å². The molecule has 0 radical (unpaired) electrons. The first-order chi connectivity index (χ1) is 3.72. The van der Waals surface area contributed by atoms with Gasteiger partial charge in [0, 0.05) is 0 Å². The van der Waals surface area contributed by atoms with Crippen LogP contribution in [-0.2, 0) is 0 Å². The van der Waals surface area contributed by atoms with Gasteiger partial charge >= 0.3 is 0 Å². The van der Waals surface area contributed by atoms with Gasteiger partial charge in [0.2, 0.25) is 0 Å². The zero-order chi connectivity index (χ0) is 6.57. The van der Waals surface area contributed by atoms with Crippen LogP contribution in [0.15, 0.2) is 11.6 Å². The number of halogens is 1. The Morgan fingerprint density at radius 3 is 2.38 bits per heavy atom. The van der Waals surface area contributed by atoms with Gasteiger partial charge in [-0.05, 0) is 26.5 Å². The summed E-state index contributed by atoms with van der Waals surface area (Å²) >= 11 is 5.74. The Morgan fingerprint density at radius 2 is 2.25 bits per heavy atom. The van der Waals surface area contributed by atoms with Gasteiger partial charge in [-0.25, -0.2) is 0 Å². The third kappa shape index (κ3) is 2.34. The maximum absolute atomic E-state index is 5.74. The van der Waals surface area contributed by atoms with Crippen LogP contribution in [0.4, 0.5) is 0 Å². The van der Waals surface area contributed by atoms with E-state index >= 15 is 0 Å². The van der Waals surface area contributed by atoms with Crippen molar-refractivity contribution in [3.8, 4) is 0 Å². The second-order valence-electron chi connectivity index (χ2n) is 1.68. The molecule has 0 fully saturated rings. The van der Waals surface area contributed by atoms with Gasteiger partial charge < -0.3 is 5.32 Å². The summed E-state index contributed by atoms with van der Waals surface area (Å²) in [6.45, 7) is 3.97. The summed E-state index contributed by atoms with van der Waals surface area (Å²) in [4.78, 5) is 0. The van der Waals surface area contributed by atoms with Gasteiger partial charge in [-0.15, -0.1) is 11.6 Å². The summed E-state index contributed by atoms with van der Waals surface area (Å²) in [7, 11) is 1.84. The zero-order valence-electron chi connectivity index (χ0n) is 5.53. The van der Waals surface area contributed by atoms with Crippen molar-refractivity contribution in [2.45, 2.75) is 19.3 Å². The molecule has 1 nitrogen and oxygen atoms in total. The van der Waals surface area contributed by atoms with Gasteiger partial charge in [-0.2, -0.15) is 0 Å². The quantitative estimate of drug-likeness (QED) is 0.344. The molecule has 0 rings (SSSR count). The van der Waals surface area contributed by atoms with Crippen LogP contribution in [-0.4, -0.2) is 12.5 Å². The molecule has 1 unspecified atom stereocenters. The van der Waals surface area contributed by atoms with Crippen LogP contribution < -0.4 is 5.32 Å². The molecule has 0 saturated carbocycles. The number of hydrogen-bond acceptors (Lipinski definition) is 1. The Morgan fingerprint density at radius 1 is 1.75 bits per heavy atom. The lowest BCUT2D eigenvalue weighted by atomic mass is 10.3. The summed E-state index contributed by atoms with van der Waals surface area (Å²) in [5.41, 5.74) is 1.16. The van der Waals surface area contributed by atoms with Crippen molar-refractivity contribution in [2.24, 2.45) is 0 Å². The van der Waals surface area contributed by atoms with E-state index in [-0.39, 0.29) is 5.50 Å². The number of allylic oxidation sites excluding steroid dienone is 1. The smallest absolute Gasteiger partial charge is 0.104 e. The predicted octanol–water partition coefficient (Wildman–Crippen LogP) is 1.74. The number of hydrogen-bond donors (Lipinski definition) is 1. The maximum atomic E-state index is 5.74. The van der Waals surface area contributed by atoms with Gasteiger partial charge in [0.05, 0.1) is 0 Å². The van der Waals surface area contributed by atoms with E-state index in [0.29, 0.717) is 0 Å².